The van der Waals surface area contributed by atoms with Gasteiger partial charge in [-0.15, -0.1) is 0 Å². The summed E-state index contributed by atoms with van der Waals surface area (Å²) in [7, 11) is 9.65. The molecular formula is C71H108ClF3N12O13. The monoisotopic (exact) mass is 1430 g/mol. The van der Waals surface area contributed by atoms with Crippen molar-refractivity contribution in [3.8, 4) is 0 Å². The van der Waals surface area contributed by atoms with Gasteiger partial charge in [0.2, 0.25) is 70.9 Å². The van der Waals surface area contributed by atoms with Crippen molar-refractivity contribution in [1.82, 2.24) is 60.0 Å². The number of fused-ring (bicyclic) bond motifs is 1. The average molecular weight is 1430 g/mol. The van der Waals surface area contributed by atoms with Crippen LogP contribution in [-0.2, 0) is 70.1 Å². The van der Waals surface area contributed by atoms with E-state index in [2.05, 4.69) is 16.0 Å². The number of likely N-dealkylation sites (tertiary alicyclic amines) is 1. The van der Waals surface area contributed by atoms with Gasteiger partial charge in [0.15, 0.2) is 0 Å². The molecule has 100 heavy (non-hydrogen) atoms. The van der Waals surface area contributed by atoms with Gasteiger partial charge in [-0.2, -0.15) is 13.2 Å². The number of hydrogen-bond acceptors (Lipinski definition) is 13. The summed E-state index contributed by atoms with van der Waals surface area (Å²) in [5.41, 5.74) is -2.37. The number of aliphatic hydroxyl groups excluding tert-OH is 1. The number of halogens is 4. The van der Waals surface area contributed by atoms with Crippen LogP contribution >= 0.6 is 11.6 Å². The van der Waals surface area contributed by atoms with E-state index in [0.29, 0.717) is 70.0 Å². The summed E-state index contributed by atoms with van der Waals surface area (Å²) < 4.78 is 41.6. The third-order valence-corrected chi connectivity index (χ3v) is 22.3. The lowest BCUT2D eigenvalue weighted by Gasteiger charge is -2.43. The molecule has 6 aliphatic rings. The molecular weight excluding hydrogens is 1320 g/mol. The number of piperidine rings is 1. The lowest BCUT2D eigenvalue weighted by atomic mass is 9.81. The molecule has 1 unspecified atom stereocenters. The predicted octanol–water partition coefficient (Wildman–Crippen LogP) is 4.76. The van der Waals surface area contributed by atoms with Gasteiger partial charge in [-0.3, -0.25) is 57.5 Å². The standard InChI is InChI=1S/C71H108ClF3N12O13/c1-11-44(2)59-67(98)81(6)42-57(91)79(4)43-58(92)82(7)53(39-46-24-15-12-16-25-46)65(96)80(5)41-55(89)76-51(32-30-47-29-31-49(50(72)38-47)71(73,74)75)64(95)87-37-23-28-52(87)62(93)78-70(33-19-20-34-70)69(100)85(10)61(48-26-17-13-18-27-48)68(99)83(8)54(66(97)86-35-21-14-22-36-86)40-56(90)84(9)60(45(3)88)63(94)77-59/h29,31,38,44-46,48,51-54,59-61,88H,11-28,30,32-37,39-43H2,1-10H3,(H,76,89)(H,77,94)(H,78,93)/t44-,45+,51-,52?,53-,54-,59-,60-,61-/m0/s1. The van der Waals surface area contributed by atoms with Crippen LogP contribution in [0, 0.1) is 17.8 Å². The van der Waals surface area contributed by atoms with Gasteiger partial charge in [0.05, 0.1) is 42.7 Å². The van der Waals surface area contributed by atoms with Crippen molar-refractivity contribution in [1.29, 1.82) is 0 Å². The maximum atomic E-state index is 15.7. The van der Waals surface area contributed by atoms with Crippen molar-refractivity contribution in [2.75, 3.05) is 88.6 Å². The van der Waals surface area contributed by atoms with E-state index in [-0.39, 0.29) is 51.0 Å². The van der Waals surface area contributed by atoms with Crippen molar-refractivity contribution in [3.63, 3.8) is 0 Å². The molecule has 0 aromatic heterocycles. The Balaban J connectivity index is 1.28. The second-order valence-electron chi connectivity index (χ2n) is 29.2. The fraction of sp³-hybridized carbons (Fsp3) is 0.746. The summed E-state index contributed by atoms with van der Waals surface area (Å²) in [4.78, 5) is 190. The van der Waals surface area contributed by atoms with Crippen LogP contribution in [0.3, 0.4) is 0 Å². The smallest absolute Gasteiger partial charge is 0.391 e. The summed E-state index contributed by atoms with van der Waals surface area (Å²) in [6.45, 7) is 3.70. The van der Waals surface area contributed by atoms with Crippen molar-refractivity contribution >= 4 is 82.5 Å². The molecule has 3 aliphatic carbocycles. The zero-order valence-corrected chi connectivity index (χ0v) is 60.9. The zero-order valence-electron chi connectivity index (χ0n) is 60.2. The summed E-state index contributed by atoms with van der Waals surface area (Å²) in [5.74, 6) is -9.43. The van der Waals surface area contributed by atoms with Crippen LogP contribution in [0.5, 0.6) is 0 Å². The van der Waals surface area contributed by atoms with Crippen LogP contribution in [-0.4, -0.2) is 263 Å². The molecule has 0 radical (unpaired) electrons. The van der Waals surface area contributed by atoms with E-state index in [4.69, 9.17) is 11.6 Å². The van der Waals surface area contributed by atoms with Gasteiger partial charge in [0, 0.05) is 69.0 Å². The third kappa shape index (κ3) is 19.7. The van der Waals surface area contributed by atoms with Crippen LogP contribution in [0.2, 0.25) is 5.02 Å². The molecule has 12 amide bonds. The fourth-order valence-corrected chi connectivity index (χ4v) is 16.0. The molecule has 6 fully saturated rings. The number of amides is 12. The summed E-state index contributed by atoms with van der Waals surface area (Å²) in [5, 5.41) is 19.4. The molecule has 9 atom stereocenters. The molecule has 1 aromatic carbocycles. The van der Waals surface area contributed by atoms with Crippen LogP contribution in [0.4, 0.5) is 13.2 Å². The Kier molecular flexibility index (Phi) is 28.6. The van der Waals surface area contributed by atoms with E-state index >= 15 is 24.0 Å². The maximum Gasteiger partial charge on any atom is 0.417 e. The van der Waals surface area contributed by atoms with Gasteiger partial charge >= 0.3 is 6.18 Å². The van der Waals surface area contributed by atoms with Gasteiger partial charge in [-0.05, 0) is 119 Å². The molecule has 558 valence electrons. The second kappa shape index (κ2) is 35.7. The molecule has 3 heterocycles. The highest BCUT2D eigenvalue weighted by atomic mass is 35.5. The first-order valence-electron chi connectivity index (χ1n) is 36.1. The van der Waals surface area contributed by atoms with Crippen LogP contribution in [0.15, 0.2) is 18.2 Å². The minimum absolute atomic E-state index is 0.00617. The lowest BCUT2D eigenvalue weighted by Crippen LogP contribution is -2.65. The van der Waals surface area contributed by atoms with E-state index in [9.17, 15) is 51.8 Å². The highest BCUT2D eigenvalue weighted by Crippen LogP contribution is 2.38. The summed E-state index contributed by atoms with van der Waals surface area (Å²) in [6.07, 6.45) is 4.83. The van der Waals surface area contributed by atoms with Crippen molar-refractivity contribution in [2.24, 2.45) is 17.8 Å². The Labute approximate surface area is 591 Å². The Morgan fingerprint density at radius 1 is 0.640 bits per heavy atom. The molecule has 4 N–H and O–H groups in total. The van der Waals surface area contributed by atoms with Gasteiger partial charge in [-0.25, -0.2) is 0 Å². The van der Waals surface area contributed by atoms with Gasteiger partial charge < -0.3 is 65.2 Å². The highest BCUT2D eigenvalue weighted by molar-refractivity contribution is 6.31. The Bertz CT molecular complexity index is 3120. The predicted molar refractivity (Wildman–Crippen MR) is 366 cm³/mol. The number of carbonyl (C=O) groups excluding carboxylic acids is 12. The fourth-order valence-electron chi connectivity index (χ4n) is 15.7. The number of rotatable bonds is 10. The number of alkyl halides is 3. The molecule has 1 aromatic rings. The first-order valence-corrected chi connectivity index (χ1v) is 36.4. The number of carbonyl (C=O) groups is 12. The molecule has 3 aliphatic heterocycles. The Morgan fingerprint density at radius 2 is 1.24 bits per heavy atom. The quantitative estimate of drug-likeness (QED) is 0.246. The second-order valence-corrected chi connectivity index (χ2v) is 29.6. The third-order valence-electron chi connectivity index (χ3n) is 22.0. The van der Waals surface area contributed by atoms with Crippen molar-refractivity contribution in [2.45, 2.75) is 235 Å². The van der Waals surface area contributed by atoms with Crippen LogP contribution < -0.4 is 16.0 Å². The van der Waals surface area contributed by atoms with Gasteiger partial charge in [-0.1, -0.05) is 102 Å². The molecule has 29 heteroatoms. The highest BCUT2D eigenvalue weighted by Gasteiger charge is 2.52. The van der Waals surface area contributed by atoms with E-state index in [1.807, 2.05) is 0 Å². The molecule has 25 nitrogen and oxygen atoms in total. The van der Waals surface area contributed by atoms with Crippen molar-refractivity contribution < 1.29 is 75.8 Å². The Morgan fingerprint density at radius 3 is 1.84 bits per heavy atom. The number of nitrogens with one attached hydrogen (secondary N) is 3. The number of nitrogens with zero attached hydrogens (tertiary/aromatic N) is 9. The van der Waals surface area contributed by atoms with Crippen LogP contribution in [0.1, 0.15) is 180 Å². The first-order chi connectivity index (χ1) is 47.2. The molecule has 3 saturated heterocycles. The van der Waals surface area contributed by atoms with E-state index in [1.54, 1.807) is 18.7 Å². The maximum absolute atomic E-state index is 15.7. The number of likely N-dealkylation sites (N-methyl/N-ethyl adjacent to an activating group) is 7. The van der Waals surface area contributed by atoms with E-state index in [1.165, 1.54) is 81.9 Å². The van der Waals surface area contributed by atoms with E-state index < -0.39 is 179 Å². The normalized spacial score (nSPS) is 27.2. The zero-order chi connectivity index (χ0) is 73.7. The number of hydrogen-bond donors (Lipinski definition) is 4. The average Bonchev–Trinajstić information content (AvgIpc) is 1.50. The minimum atomic E-state index is -4.76. The summed E-state index contributed by atoms with van der Waals surface area (Å²) >= 11 is 6.15. The number of benzene rings is 1. The minimum Gasteiger partial charge on any atom is -0.391 e. The number of aliphatic hydroxyl groups is 1. The van der Waals surface area contributed by atoms with Gasteiger partial charge in [0.1, 0.15) is 47.8 Å². The SMILES string of the molecule is CC[C@H](C)[C@@H]1NC(=O)[C@H]([C@@H](C)O)N(C)C(=O)C[C@@H](C(=O)N2CCCCC2)N(C)C(=O)[C@H](C2CCCCC2)N(C)C(=O)C2(CCCC2)NC(=O)C2CCCN2C(=O)[C@H](CCc2ccc(C(F)(F)F)c(Cl)c2)NC(=O)CN(C)C(=O)[C@H](CC2CCCCC2)N(C)C(=O)CN(C)C(=O)CN(C)C1=O. The van der Waals surface area contributed by atoms with Crippen molar-refractivity contribution in [3.05, 3.63) is 34.3 Å². The first kappa shape index (κ1) is 80.2. The van der Waals surface area contributed by atoms with E-state index in [0.717, 1.165) is 89.5 Å². The molecule has 1 spiro atoms. The number of aryl methyl sites for hydroxylation is 1. The van der Waals surface area contributed by atoms with Crippen LogP contribution in [0.25, 0.3) is 0 Å². The molecule has 7 rings (SSSR count). The largest absolute Gasteiger partial charge is 0.417 e. The lowest BCUT2D eigenvalue weighted by molar-refractivity contribution is -0.157. The van der Waals surface area contributed by atoms with Gasteiger partial charge in [0.25, 0.3) is 0 Å². The topological polar surface area (TPSA) is 290 Å². The molecule has 0 bridgehead atoms. The Hall–Kier alpha value is -7.10. The molecule has 3 saturated carbocycles. The summed E-state index contributed by atoms with van der Waals surface area (Å²) in [6, 6.07) is -6.29.